The summed E-state index contributed by atoms with van der Waals surface area (Å²) in [6.07, 6.45) is 0.991. The standard InChI is InChI=1S/C7H9NO3/c1-2-6(9)11-5-3-4-8-7(5)10/h2,5H,1,3-4H2,(H,8,10). The molecule has 60 valence electrons. The fraction of sp³-hybridized carbons (Fsp3) is 0.429. The molecule has 1 aliphatic rings. The van der Waals surface area contributed by atoms with E-state index in [0.717, 1.165) is 6.08 Å². The average molecular weight is 155 g/mol. The first-order valence-electron chi connectivity index (χ1n) is 3.35. The zero-order valence-corrected chi connectivity index (χ0v) is 6.00. The van der Waals surface area contributed by atoms with Crippen molar-refractivity contribution in [2.75, 3.05) is 6.54 Å². The normalized spacial score (nSPS) is 22.5. The fourth-order valence-corrected chi connectivity index (χ4v) is 0.872. The van der Waals surface area contributed by atoms with Crippen LogP contribution in [0.1, 0.15) is 6.42 Å². The molecule has 1 fully saturated rings. The SMILES string of the molecule is C=CC(=O)OC1CCNC1=O. The topological polar surface area (TPSA) is 55.4 Å². The third-order valence-corrected chi connectivity index (χ3v) is 1.42. The van der Waals surface area contributed by atoms with Crippen molar-refractivity contribution >= 4 is 11.9 Å². The Morgan fingerprint density at radius 1 is 1.82 bits per heavy atom. The second-order valence-electron chi connectivity index (χ2n) is 2.21. The number of esters is 1. The summed E-state index contributed by atoms with van der Waals surface area (Å²) in [7, 11) is 0. The second-order valence-corrected chi connectivity index (χ2v) is 2.21. The Hall–Kier alpha value is -1.32. The van der Waals surface area contributed by atoms with Crippen LogP contribution in [0, 0.1) is 0 Å². The summed E-state index contributed by atoms with van der Waals surface area (Å²) in [5, 5.41) is 2.55. The minimum atomic E-state index is -0.611. The monoisotopic (exact) mass is 155 g/mol. The summed E-state index contributed by atoms with van der Waals surface area (Å²) in [6.45, 7) is 3.80. The van der Waals surface area contributed by atoms with E-state index in [9.17, 15) is 9.59 Å². The van der Waals surface area contributed by atoms with E-state index >= 15 is 0 Å². The van der Waals surface area contributed by atoms with Crippen LogP contribution < -0.4 is 5.32 Å². The molecule has 0 aromatic heterocycles. The quantitative estimate of drug-likeness (QED) is 0.436. The van der Waals surface area contributed by atoms with Crippen LogP contribution in [0.15, 0.2) is 12.7 Å². The molecule has 4 nitrogen and oxygen atoms in total. The summed E-state index contributed by atoms with van der Waals surface area (Å²) in [5.41, 5.74) is 0. The molecule has 1 amide bonds. The van der Waals surface area contributed by atoms with E-state index in [4.69, 9.17) is 4.74 Å². The van der Waals surface area contributed by atoms with Gasteiger partial charge in [0, 0.05) is 19.0 Å². The van der Waals surface area contributed by atoms with Gasteiger partial charge in [0.1, 0.15) is 0 Å². The van der Waals surface area contributed by atoms with Crippen LogP contribution in [0.4, 0.5) is 0 Å². The molecular formula is C7H9NO3. The summed E-state index contributed by atoms with van der Waals surface area (Å²) in [5.74, 6) is -0.771. The Morgan fingerprint density at radius 3 is 3.00 bits per heavy atom. The van der Waals surface area contributed by atoms with Gasteiger partial charge in [0.15, 0.2) is 6.10 Å². The maximum atomic E-state index is 10.8. The van der Waals surface area contributed by atoms with Crippen molar-refractivity contribution in [1.29, 1.82) is 0 Å². The van der Waals surface area contributed by atoms with E-state index in [1.54, 1.807) is 0 Å². The largest absolute Gasteiger partial charge is 0.449 e. The van der Waals surface area contributed by atoms with Crippen molar-refractivity contribution in [3.63, 3.8) is 0 Å². The van der Waals surface area contributed by atoms with E-state index in [1.807, 2.05) is 0 Å². The molecule has 1 heterocycles. The molecule has 0 saturated carbocycles. The Balaban J connectivity index is 2.42. The summed E-state index contributed by atoms with van der Waals surface area (Å²) in [6, 6.07) is 0. The van der Waals surface area contributed by atoms with Crippen LogP contribution in [0.25, 0.3) is 0 Å². The van der Waals surface area contributed by atoms with Gasteiger partial charge in [-0.2, -0.15) is 0 Å². The molecule has 1 atom stereocenters. The number of carbonyl (C=O) groups is 2. The molecule has 1 rings (SSSR count). The van der Waals surface area contributed by atoms with Crippen LogP contribution in [0.2, 0.25) is 0 Å². The van der Waals surface area contributed by atoms with Crippen molar-refractivity contribution in [1.82, 2.24) is 5.32 Å². The lowest BCUT2D eigenvalue weighted by Crippen LogP contribution is -2.26. The van der Waals surface area contributed by atoms with Crippen molar-refractivity contribution in [2.45, 2.75) is 12.5 Å². The third-order valence-electron chi connectivity index (χ3n) is 1.42. The number of nitrogens with one attached hydrogen (secondary N) is 1. The van der Waals surface area contributed by atoms with Gasteiger partial charge in [-0.3, -0.25) is 4.79 Å². The van der Waals surface area contributed by atoms with Crippen LogP contribution in [0.3, 0.4) is 0 Å². The summed E-state index contributed by atoms with van der Waals surface area (Å²) in [4.78, 5) is 21.4. The average Bonchev–Trinajstić information content (AvgIpc) is 2.37. The van der Waals surface area contributed by atoms with Crippen molar-refractivity contribution in [3.8, 4) is 0 Å². The minimum absolute atomic E-state index is 0.222. The number of ether oxygens (including phenoxy) is 1. The Morgan fingerprint density at radius 2 is 2.55 bits per heavy atom. The van der Waals surface area contributed by atoms with Gasteiger partial charge in [-0.05, 0) is 0 Å². The zero-order chi connectivity index (χ0) is 8.27. The molecule has 1 aliphatic heterocycles. The molecule has 0 aliphatic carbocycles. The second kappa shape index (κ2) is 3.18. The predicted molar refractivity (Wildman–Crippen MR) is 37.7 cm³/mol. The third kappa shape index (κ3) is 1.80. The molecular weight excluding hydrogens is 146 g/mol. The minimum Gasteiger partial charge on any atom is -0.449 e. The van der Waals surface area contributed by atoms with Crippen LogP contribution in [0.5, 0.6) is 0 Å². The number of hydrogen-bond donors (Lipinski definition) is 1. The molecule has 1 N–H and O–H groups in total. The molecule has 0 aromatic carbocycles. The highest BCUT2D eigenvalue weighted by molar-refractivity contribution is 5.88. The van der Waals surface area contributed by atoms with Crippen LogP contribution >= 0.6 is 0 Å². The molecule has 1 saturated heterocycles. The van der Waals surface area contributed by atoms with E-state index in [1.165, 1.54) is 0 Å². The zero-order valence-electron chi connectivity index (χ0n) is 6.00. The van der Waals surface area contributed by atoms with Crippen molar-refractivity contribution in [3.05, 3.63) is 12.7 Å². The Labute approximate surface area is 64.2 Å². The van der Waals surface area contributed by atoms with Gasteiger partial charge in [-0.25, -0.2) is 4.79 Å². The van der Waals surface area contributed by atoms with E-state index < -0.39 is 12.1 Å². The lowest BCUT2D eigenvalue weighted by Gasteiger charge is -2.05. The molecule has 0 bridgehead atoms. The molecule has 0 radical (unpaired) electrons. The molecule has 1 unspecified atom stereocenters. The number of amides is 1. The Bertz CT molecular complexity index is 200. The van der Waals surface area contributed by atoms with Crippen LogP contribution in [-0.4, -0.2) is 24.5 Å². The highest BCUT2D eigenvalue weighted by Gasteiger charge is 2.26. The lowest BCUT2D eigenvalue weighted by molar-refractivity contribution is -0.149. The maximum absolute atomic E-state index is 10.8. The molecule has 11 heavy (non-hydrogen) atoms. The van der Waals surface area contributed by atoms with Crippen LogP contribution in [-0.2, 0) is 14.3 Å². The Kier molecular flexibility index (Phi) is 2.25. The smallest absolute Gasteiger partial charge is 0.330 e. The first-order chi connectivity index (χ1) is 5.24. The number of hydrogen-bond acceptors (Lipinski definition) is 3. The van der Waals surface area contributed by atoms with Gasteiger partial charge in [-0.1, -0.05) is 6.58 Å². The molecule has 0 aromatic rings. The molecule has 0 spiro atoms. The van der Waals surface area contributed by atoms with Gasteiger partial charge in [-0.15, -0.1) is 0 Å². The first-order valence-corrected chi connectivity index (χ1v) is 3.35. The first kappa shape index (κ1) is 7.78. The highest BCUT2D eigenvalue weighted by Crippen LogP contribution is 2.04. The van der Waals surface area contributed by atoms with Gasteiger partial charge >= 0.3 is 5.97 Å². The van der Waals surface area contributed by atoms with Gasteiger partial charge < -0.3 is 10.1 Å². The fourth-order valence-electron chi connectivity index (χ4n) is 0.872. The maximum Gasteiger partial charge on any atom is 0.330 e. The van der Waals surface area contributed by atoms with Gasteiger partial charge in [0.2, 0.25) is 0 Å². The van der Waals surface area contributed by atoms with Crippen molar-refractivity contribution in [2.24, 2.45) is 0 Å². The summed E-state index contributed by atoms with van der Waals surface area (Å²) < 4.78 is 4.70. The van der Waals surface area contributed by atoms with Crippen molar-refractivity contribution < 1.29 is 14.3 Å². The van der Waals surface area contributed by atoms with E-state index in [2.05, 4.69) is 11.9 Å². The van der Waals surface area contributed by atoms with E-state index in [0.29, 0.717) is 13.0 Å². The lowest BCUT2D eigenvalue weighted by atomic mass is 10.3. The van der Waals surface area contributed by atoms with Gasteiger partial charge in [0.25, 0.3) is 5.91 Å². The molecule has 4 heteroatoms. The van der Waals surface area contributed by atoms with Gasteiger partial charge in [0.05, 0.1) is 0 Å². The van der Waals surface area contributed by atoms with E-state index in [-0.39, 0.29) is 5.91 Å². The predicted octanol–water partition coefficient (Wildman–Crippen LogP) is -0.396. The highest BCUT2D eigenvalue weighted by atomic mass is 16.5. The number of carbonyl (C=O) groups excluding carboxylic acids is 2. The number of rotatable bonds is 2. The summed E-state index contributed by atoms with van der Waals surface area (Å²) >= 11 is 0.